The Kier molecular flexibility index (Phi) is 3.58. The summed E-state index contributed by atoms with van der Waals surface area (Å²) in [6, 6.07) is 2.41. The Balaban J connectivity index is 1.68. The van der Waals surface area contributed by atoms with E-state index in [4.69, 9.17) is 0 Å². The van der Waals surface area contributed by atoms with E-state index in [1.807, 2.05) is 19.9 Å². The number of hydrogen-bond acceptors (Lipinski definition) is 3. The molecule has 23 heavy (non-hydrogen) atoms. The minimum atomic E-state index is 0.118. The second kappa shape index (κ2) is 5.62. The van der Waals surface area contributed by atoms with Gasteiger partial charge in [0, 0.05) is 24.0 Å². The van der Waals surface area contributed by atoms with Gasteiger partial charge in [-0.1, -0.05) is 12.8 Å². The summed E-state index contributed by atoms with van der Waals surface area (Å²) < 4.78 is 1.78. The van der Waals surface area contributed by atoms with Crippen LogP contribution in [0.4, 0.5) is 0 Å². The van der Waals surface area contributed by atoms with Crippen LogP contribution in [0.3, 0.4) is 0 Å². The molecule has 5 heteroatoms. The predicted octanol–water partition coefficient (Wildman–Crippen LogP) is 3.14. The Hall–Kier alpha value is -1.91. The third-order valence-electron chi connectivity index (χ3n) is 5.51. The zero-order valence-corrected chi connectivity index (χ0v) is 14.0. The molecule has 2 fully saturated rings. The van der Waals surface area contributed by atoms with Crippen LogP contribution in [0.1, 0.15) is 60.3 Å². The molecule has 3 heterocycles. The second-order valence-corrected chi connectivity index (χ2v) is 7.09. The summed E-state index contributed by atoms with van der Waals surface area (Å²) >= 11 is 0. The van der Waals surface area contributed by atoms with E-state index in [-0.39, 0.29) is 5.91 Å². The van der Waals surface area contributed by atoms with Gasteiger partial charge < -0.3 is 4.90 Å². The zero-order valence-electron chi connectivity index (χ0n) is 14.0. The molecule has 0 N–H and O–H groups in total. The van der Waals surface area contributed by atoms with Gasteiger partial charge in [0.25, 0.3) is 5.91 Å². The van der Waals surface area contributed by atoms with Gasteiger partial charge >= 0.3 is 0 Å². The van der Waals surface area contributed by atoms with E-state index in [0.29, 0.717) is 23.2 Å². The van der Waals surface area contributed by atoms with Gasteiger partial charge in [0.15, 0.2) is 5.65 Å². The molecule has 1 saturated carbocycles. The van der Waals surface area contributed by atoms with Gasteiger partial charge in [-0.2, -0.15) is 5.10 Å². The molecule has 2 aromatic rings. The molecule has 122 valence electrons. The van der Waals surface area contributed by atoms with Crippen LogP contribution >= 0.6 is 0 Å². The fraction of sp³-hybridized carbons (Fsp3) is 0.611. The van der Waals surface area contributed by atoms with Crippen LogP contribution in [0.5, 0.6) is 0 Å². The van der Waals surface area contributed by atoms with Gasteiger partial charge in [0.05, 0.1) is 6.20 Å². The van der Waals surface area contributed by atoms with Gasteiger partial charge in [-0.15, -0.1) is 0 Å². The average molecular weight is 312 g/mol. The molecular weight excluding hydrogens is 288 g/mol. The second-order valence-electron chi connectivity index (χ2n) is 7.09. The smallest absolute Gasteiger partial charge is 0.259 e. The Morgan fingerprint density at radius 3 is 2.74 bits per heavy atom. The van der Waals surface area contributed by atoms with Gasteiger partial charge in [-0.3, -0.25) is 4.79 Å². The number of carbonyl (C=O) groups is 1. The summed E-state index contributed by atoms with van der Waals surface area (Å²) in [5, 5.41) is 4.38. The number of nitrogens with zero attached hydrogens (tertiary/aromatic N) is 4. The maximum absolute atomic E-state index is 13.1. The Bertz CT molecular complexity index is 745. The average Bonchev–Trinajstić information content (AvgIpc) is 3.25. The van der Waals surface area contributed by atoms with Crippen molar-refractivity contribution in [2.45, 2.75) is 58.4 Å². The molecule has 2 aliphatic rings. The number of aryl methyl sites for hydroxylation is 2. The number of hydrogen-bond donors (Lipinski definition) is 0. The molecule has 0 unspecified atom stereocenters. The van der Waals surface area contributed by atoms with Crippen molar-refractivity contribution in [1.82, 2.24) is 19.5 Å². The minimum Gasteiger partial charge on any atom is -0.335 e. The van der Waals surface area contributed by atoms with Crippen molar-refractivity contribution in [3.05, 3.63) is 29.2 Å². The lowest BCUT2D eigenvalue weighted by atomic mass is 9.96. The van der Waals surface area contributed by atoms with Crippen molar-refractivity contribution >= 4 is 11.6 Å². The lowest BCUT2D eigenvalue weighted by Gasteiger charge is -2.29. The quantitative estimate of drug-likeness (QED) is 0.856. The van der Waals surface area contributed by atoms with Crippen molar-refractivity contribution in [3.63, 3.8) is 0 Å². The van der Waals surface area contributed by atoms with Crippen LogP contribution in [-0.2, 0) is 0 Å². The molecule has 0 spiro atoms. The molecule has 4 rings (SSSR count). The maximum Gasteiger partial charge on any atom is 0.259 e. The molecular formula is C18H24N4O. The van der Waals surface area contributed by atoms with E-state index >= 15 is 0 Å². The number of rotatable bonds is 2. The fourth-order valence-electron chi connectivity index (χ4n) is 4.45. The van der Waals surface area contributed by atoms with E-state index in [2.05, 4.69) is 15.0 Å². The maximum atomic E-state index is 13.1. The standard InChI is InChI=1S/C18H24N4O/c1-12-10-13(2)22-17(20-12)15(11-19-22)18(23)21-9-5-8-16(21)14-6-3-4-7-14/h10-11,14,16H,3-9H2,1-2H3/t16-/m1/s1. The first-order valence-corrected chi connectivity index (χ1v) is 8.78. The van der Waals surface area contributed by atoms with Crippen LogP contribution in [0, 0.1) is 19.8 Å². The van der Waals surface area contributed by atoms with Crippen LogP contribution in [0.25, 0.3) is 5.65 Å². The first kappa shape index (κ1) is 14.7. The monoisotopic (exact) mass is 312 g/mol. The molecule has 1 saturated heterocycles. The molecule has 0 aromatic carbocycles. The van der Waals surface area contributed by atoms with Crippen LogP contribution < -0.4 is 0 Å². The minimum absolute atomic E-state index is 0.118. The number of likely N-dealkylation sites (tertiary alicyclic amines) is 1. The van der Waals surface area contributed by atoms with E-state index in [1.165, 1.54) is 25.7 Å². The molecule has 1 atom stereocenters. The van der Waals surface area contributed by atoms with Gasteiger partial charge in [0.1, 0.15) is 5.56 Å². The zero-order chi connectivity index (χ0) is 16.0. The van der Waals surface area contributed by atoms with E-state index in [1.54, 1.807) is 10.7 Å². The lowest BCUT2D eigenvalue weighted by Crippen LogP contribution is -2.39. The Labute approximate surface area is 136 Å². The summed E-state index contributed by atoms with van der Waals surface area (Å²) in [6.45, 7) is 4.84. The Morgan fingerprint density at radius 2 is 1.96 bits per heavy atom. The summed E-state index contributed by atoms with van der Waals surface area (Å²) in [5.41, 5.74) is 3.30. The fourth-order valence-corrected chi connectivity index (χ4v) is 4.45. The molecule has 5 nitrogen and oxygen atoms in total. The summed E-state index contributed by atoms with van der Waals surface area (Å²) in [7, 11) is 0. The number of carbonyl (C=O) groups excluding carboxylic acids is 1. The van der Waals surface area contributed by atoms with Gasteiger partial charge in [0.2, 0.25) is 0 Å². The van der Waals surface area contributed by atoms with Crippen molar-refractivity contribution < 1.29 is 4.79 Å². The van der Waals surface area contributed by atoms with Crippen LogP contribution in [-0.4, -0.2) is 38.0 Å². The molecule has 0 bridgehead atoms. The SMILES string of the molecule is Cc1cc(C)n2ncc(C(=O)N3CCC[C@@H]3C3CCCC3)c2n1. The van der Waals surface area contributed by atoms with Crippen molar-refractivity contribution in [3.8, 4) is 0 Å². The van der Waals surface area contributed by atoms with Crippen molar-refractivity contribution in [1.29, 1.82) is 0 Å². The van der Waals surface area contributed by atoms with Crippen molar-refractivity contribution in [2.24, 2.45) is 5.92 Å². The summed E-state index contributed by atoms with van der Waals surface area (Å²) in [4.78, 5) is 19.8. The largest absolute Gasteiger partial charge is 0.335 e. The summed E-state index contributed by atoms with van der Waals surface area (Å²) in [6.07, 6.45) is 9.17. The molecule has 1 amide bonds. The highest BCUT2D eigenvalue weighted by Gasteiger charge is 2.37. The third kappa shape index (κ3) is 2.42. The lowest BCUT2D eigenvalue weighted by molar-refractivity contribution is 0.0691. The van der Waals surface area contributed by atoms with Crippen molar-refractivity contribution in [2.75, 3.05) is 6.54 Å². The molecule has 0 radical (unpaired) electrons. The highest BCUT2D eigenvalue weighted by molar-refractivity contribution is 6.00. The number of fused-ring (bicyclic) bond motifs is 1. The molecule has 1 aliphatic heterocycles. The number of amides is 1. The topological polar surface area (TPSA) is 50.5 Å². The van der Waals surface area contributed by atoms with Gasteiger partial charge in [-0.05, 0) is 51.5 Å². The van der Waals surface area contributed by atoms with Crippen LogP contribution in [0.2, 0.25) is 0 Å². The van der Waals surface area contributed by atoms with Crippen LogP contribution in [0.15, 0.2) is 12.3 Å². The molecule has 1 aliphatic carbocycles. The van der Waals surface area contributed by atoms with E-state index in [9.17, 15) is 4.79 Å². The number of aromatic nitrogens is 3. The highest BCUT2D eigenvalue weighted by Crippen LogP contribution is 2.36. The first-order valence-electron chi connectivity index (χ1n) is 8.78. The van der Waals surface area contributed by atoms with E-state index < -0.39 is 0 Å². The normalized spacial score (nSPS) is 22.3. The predicted molar refractivity (Wildman–Crippen MR) is 88.5 cm³/mol. The van der Waals surface area contributed by atoms with E-state index in [0.717, 1.165) is 30.8 Å². The first-order chi connectivity index (χ1) is 11.1. The van der Waals surface area contributed by atoms with Gasteiger partial charge in [-0.25, -0.2) is 9.50 Å². The molecule has 2 aromatic heterocycles. The highest BCUT2D eigenvalue weighted by atomic mass is 16.2. The Morgan fingerprint density at radius 1 is 1.17 bits per heavy atom. The summed E-state index contributed by atoms with van der Waals surface area (Å²) in [5.74, 6) is 0.812. The third-order valence-corrected chi connectivity index (χ3v) is 5.51.